The van der Waals surface area contributed by atoms with Gasteiger partial charge >= 0.3 is 97.5 Å². The Morgan fingerprint density at radius 2 is 0.747 bits per heavy atom. The predicted molar refractivity (Wildman–Crippen MR) is 310 cm³/mol. The summed E-state index contributed by atoms with van der Waals surface area (Å²) in [6.45, 7) is -23.3. The molecule has 417 valence electrons. The lowest BCUT2D eigenvalue weighted by molar-refractivity contribution is 0.296. The lowest BCUT2D eigenvalue weighted by atomic mass is 11.8. The van der Waals surface area contributed by atoms with Crippen molar-refractivity contribution in [2.75, 3.05) is 7.11 Å². The average Bonchev–Trinajstić information content (AvgIpc) is 3.31. The van der Waals surface area contributed by atoms with E-state index in [1.54, 1.807) is 19.6 Å². The van der Waals surface area contributed by atoms with Gasteiger partial charge in [0.15, 0.2) is 16.2 Å². The van der Waals surface area contributed by atoms with Crippen LogP contribution in [0.2, 0.25) is 72.0 Å². The summed E-state index contributed by atoms with van der Waals surface area (Å²) in [6, 6.07) is 0. The van der Waals surface area contributed by atoms with Crippen molar-refractivity contribution in [1.82, 2.24) is 0 Å². The minimum absolute atomic E-state index is 0.971. The van der Waals surface area contributed by atoms with Crippen LogP contribution in [0.4, 0.5) is 0 Å². The third kappa shape index (κ3) is 16.7. The summed E-state index contributed by atoms with van der Waals surface area (Å²) in [5.74, 6) is 0. The molecule has 0 aliphatic heterocycles. The molecule has 0 fully saturated rings. The van der Waals surface area contributed by atoms with Crippen molar-refractivity contribution in [3.05, 3.63) is 0 Å². The highest BCUT2D eigenvalue weighted by Gasteiger charge is 3.00. The van der Waals surface area contributed by atoms with E-state index in [0.717, 1.165) is 46.4 Å². The van der Waals surface area contributed by atoms with E-state index in [2.05, 4.69) is 9.76 Å². The molecule has 35 radical (unpaired) electrons. The van der Waals surface area contributed by atoms with Gasteiger partial charge in [-0.05, 0) is 72.0 Å². The van der Waals surface area contributed by atoms with Crippen LogP contribution in [0.5, 0.6) is 0 Å². The maximum Gasteiger partial charge on any atom is 0.420 e. The van der Waals surface area contributed by atoms with E-state index in [0.29, 0.717) is 0 Å². The lowest BCUT2D eigenvalue weighted by Crippen LogP contribution is -3.14. The van der Waals surface area contributed by atoms with Gasteiger partial charge in [0.1, 0.15) is 0 Å². The first-order chi connectivity index (χ1) is 34.3. The zero-order valence-electron chi connectivity index (χ0n) is 41.4. The summed E-state index contributed by atoms with van der Waals surface area (Å²) in [7, 11) is -72.5. The number of hydrogen-bond donors (Lipinski definition) is 19. The molecule has 0 aromatic carbocycles. The van der Waals surface area contributed by atoms with Gasteiger partial charge in [0.05, 0.1) is 9.76 Å². The van der Waals surface area contributed by atoms with Crippen LogP contribution in [-0.2, 0) is 49.7 Å². The Labute approximate surface area is 489 Å². The fourth-order valence-electron chi connectivity index (χ4n) is 7.31. The summed E-state index contributed by atoms with van der Waals surface area (Å²) in [5.41, 5.74) is 0. The Hall–Kier alpha value is 5.70. The molecule has 0 heterocycles. The summed E-state index contributed by atoms with van der Waals surface area (Å²) in [6.07, 6.45) is 0. The van der Waals surface area contributed by atoms with Crippen LogP contribution in [0, 0.1) is 0 Å². The highest BCUT2D eigenvalue weighted by molar-refractivity contribution is 8.24. The first-order valence-corrected chi connectivity index (χ1v) is 88.7. The number of rotatable bonds is 42. The fourth-order valence-corrected chi connectivity index (χ4v) is 454. The molecule has 0 spiro atoms. The van der Waals surface area contributed by atoms with Gasteiger partial charge in [-0.3, -0.25) is 0 Å². The normalized spacial score (nSPS) is 18.6. The second-order valence-electron chi connectivity index (χ2n) is 17.6. The molecular weight excluding hydrogens is 1540 g/mol. The van der Waals surface area contributed by atoms with Crippen LogP contribution in [0.1, 0.15) is 0 Å². The summed E-state index contributed by atoms with van der Waals surface area (Å²) in [5, 5.41) is 0. The van der Waals surface area contributed by atoms with E-state index < -0.39 is 265 Å². The van der Waals surface area contributed by atoms with Crippen molar-refractivity contribution in [2.45, 2.75) is 72.0 Å². The van der Waals surface area contributed by atoms with Crippen LogP contribution in [0.15, 0.2) is 0 Å². The van der Waals surface area contributed by atoms with Gasteiger partial charge < -0.3 is 141 Å². The van der Waals surface area contributed by atoms with Crippen molar-refractivity contribution in [2.24, 2.45) is 0 Å². The van der Waals surface area contributed by atoms with Crippen LogP contribution in [0.3, 0.4) is 0 Å². The summed E-state index contributed by atoms with van der Waals surface area (Å²) in [4.78, 5) is 230. The monoisotopic (exact) mass is 1590 g/mol. The third-order valence-electron chi connectivity index (χ3n) is 9.76. The van der Waals surface area contributed by atoms with Crippen molar-refractivity contribution < 1.29 is 141 Å². The Morgan fingerprint density at radius 3 is 1.00 bits per heavy atom. The Balaban J connectivity index is 13.3. The van der Waals surface area contributed by atoms with E-state index in [1.807, 2.05) is 0 Å². The zero-order valence-corrected chi connectivity index (χ0v) is 73.4. The van der Waals surface area contributed by atoms with Crippen molar-refractivity contribution >= 4 is 275 Å². The predicted octanol–water partition coefficient (Wildman–Crippen LogP) is -17.0. The molecule has 0 bridgehead atoms. The van der Waals surface area contributed by atoms with Crippen molar-refractivity contribution in [3.63, 3.8) is 0 Å². The van der Waals surface area contributed by atoms with Crippen molar-refractivity contribution in [3.8, 4) is 0 Å². The molecule has 63 heteroatoms. The molecule has 19 N–H and O–H groups in total. The van der Waals surface area contributed by atoms with Crippen LogP contribution >= 0.6 is 0 Å². The highest BCUT2D eigenvalue weighted by Crippen LogP contribution is 2.54. The SMILES string of the molecule is CO[Si]([Si])(O[Si]([Si](O[Si]O)([Si]O)[Si]O)([Si](O[Si](C)(C)O[Si](C)(C)C)(O[Si](O[Si]O)([Si]O)[Si](C)(C)O)[Si](O[Si](O[Si]O)([Si]O)[Si]O)([Si](O[Si]O)([Si]O)[Si]O)[Si](O[Si]O)([Si]O)[Si]O)[Si](O[Si](C)(C)O)([Si]O)[Si](C)(C)O)[Si]O. The Bertz CT molecular complexity index is 1640. The first kappa shape index (κ1) is 80.7. The average molecular weight is 1590 g/mol. The van der Waals surface area contributed by atoms with Gasteiger partial charge in [0.25, 0.3) is 50.9 Å². The molecule has 31 nitrogen and oxygen atoms in total. The van der Waals surface area contributed by atoms with Gasteiger partial charge in [0.2, 0.25) is 100 Å². The second kappa shape index (κ2) is 32.3. The number of hydrogen-bond acceptors (Lipinski definition) is 31. The van der Waals surface area contributed by atoms with E-state index in [1.165, 1.54) is 13.1 Å². The summed E-state index contributed by atoms with van der Waals surface area (Å²) >= 11 is 0. The highest BCUT2D eigenvalue weighted by atomic mass is 30.5. The molecule has 0 aliphatic carbocycles. The van der Waals surface area contributed by atoms with Crippen LogP contribution in [0.25, 0.3) is 0 Å². The van der Waals surface area contributed by atoms with Gasteiger partial charge in [0, 0.05) is 7.11 Å². The zero-order chi connectivity index (χ0) is 59.3. The summed E-state index contributed by atoms with van der Waals surface area (Å²) < 4.78 is 81.5. The molecule has 0 aromatic heterocycles. The molecule has 5 atom stereocenters. The lowest BCUT2D eigenvalue weighted by Gasteiger charge is -2.70. The minimum atomic E-state index is -7.25. The van der Waals surface area contributed by atoms with Gasteiger partial charge in [-0.25, -0.2) is 0 Å². The maximum absolute atomic E-state index is 13.6. The third-order valence-corrected chi connectivity index (χ3v) is 265. The Morgan fingerprint density at radius 1 is 0.360 bits per heavy atom. The quantitative estimate of drug-likeness (QED) is 0.0252. The molecule has 5 unspecified atom stereocenters. The van der Waals surface area contributed by atoms with Gasteiger partial charge in [-0.2, -0.15) is 0 Å². The van der Waals surface area contributed by atoms with Crippen molar-refractivity contribution in [1.29, 1.82) is 0 Å². The van der Waals surface area contributed by atoms with Gasteiger partial charge in [-0.1, -0.05) is 0 Å². The van der Waals surface area contributed by atoms with E-state index in [-0.39, 0.29) is 0 Å². The Kier molecular flexibility index (Phi) is 34.7. The molecule has 0 rings (SSSR count). The maximum atomic E-state index is 13.6. The molecule has 0 aromatic rings. The first-order valence-electron chi connectivity index (χ1n) is 19.9. The van der Waals surface area contributed by atoms with Crippen LogP contribution < -0.4 is 0 Å². The topological polar surface area (TPSA) is 495 Å². The molecule has 0 amide bonds. The molecule has 0 aliphatic rings. The largest absolute Gasteiger partial charge is 0.439 e. The van der Waals surface area contributed by atoms with Crippen LogP contribution in [-0.4, -0.2) is 373 Å². The molecule has 0 saturated heterocycles. The van der Waals surface area contributed by atoms with E-state index >= 15 is 0 Å². The molecular formula is C12H55O31Si32. The fraction of sp³-hybridized carbons (Fsp3) is 1.00. The van der Waals surface area contributed by atoms with E-state index in [4.69, 9.17) is 49.7 Å². The smallest absolute Gasteiger partial charge is 0.420 e. The second-order valence-corrected chi connectivity index (χ2v) is 161. The standard InChI is InChI=1S/C12H55O31Si32/c1-32-66(44,50-18)41-75(72(58-26,59-27)37-49-17,73(60-28,64(9,10)31)39-62(5,6)29)69(40-65(11,12)38-61(2,3)4,43-68(53-21,34-46-14)63(7,8)30)74(70(54-22,55-23)35-47-15,71(56-24,57-25)36-48-16)42-67(51-19,52-20)33-45-13/h13-31H,1-12H3. The minimum Gasteiger partial charge on any atom is -0.439 e. The molecule has 75 heavy (non-hydrogen) atoms. The van der Waals surface area contributed by atoms with E-state index in [9.17, 15) is 91.1 Å². The molecule has 0 saturated carbocycles. The van der Waals surface area contributed by atoms with Gasteiger partial charge in [-0.15, -0.1) is 0 Å².